The third kappa shape index (κ3) is 1.20. The summed E-state index contributed by atoms with van der Waals surface area (Å²) in [4.78, 5) is 2.30. The lowest BCUT2D eigenvalue weighted by molar-refractivity contribution is 0.160. The normalized spacial score (nSPS) is 33.6. The molecule has 3 heteroatoms. The van der Waals surface area contributed by atoms with Crippen molar-refractivity contribution in [3.63, 3.8) is 0 Å². The van der Waals surface area contributed by atoms with Crippen LogP contribution in [0.1, 0.15) is 19.3 Å². The van der Waals surface area contributed by atoms with Crippen LogP contribution in [0.25, 0.3) is 0 Å². The molecular formula is C14H16N2O. The van der Waals surface area contributed by atoms with Crippen molar-refractivity contribution in [2.75, 3.05) is 10.2 Å². The summed E-state index contributed by atoms with van der Waals surface area (Å²) in [6, 6.07) is 8.40. The fourth-order valence-corrected chi connectivity index (χ4v) is 3.44. The maximum absolute atomic E-state index is 10.1. The van der Waals surface area contributed by atoms with E-state index in [1.165, 1.54) is 23.4 Å². The second-order valence-electron chi connectivity index (χ2n) is 5.20. The molecule has 1 saturated carbocycles. The van der Waals surface area contributed by atoms with E-state index in [0.29, 0.717) is 12.1 Å². The SMILES string of the molecule is OC1CCCC2C1=CN1c3ccccc3NC21. The summed E-state index contributed by atoms with van der Waals surface area (Å²) in [5.41, 5.74) is 3.68. The first-order valence-corrected chi connectivity index (χ1v) is 6.38. The van der Waals surface area contributed by atoms with Crippen molar-refractivity contribution >= 4 is 11.4 Å². The zero-order valence-corrected chi connectivity index (χ0v) is 9.63. The Morgan fingerprint density at radius 2 is 2.12 bits per heavy atom. The van der Waals surface area contributed by atoms with Gasteiger partial charge in [0.15, 0.2) is 0 Å². The molecule has 0 amide bonds. The van der Waals surface area contributed by atoms with E-state index in [0.717, 1.165) is 12.8 Å². The summed E-state index contributed by atoms with van der Waals surface area (Å²) in [7, 11) is 0. The first-order chi connectivity index (χ1) is 8.34. The Hall–Kier alpha value is -1.48. The standard InChI is InChI=1S/C14H16N2O/c17-13-7-3-4-9-10(13)8-16-12-6-2-1-5-11(12)15-14(9)16/h1-2,5-6,8-9,13-15,17H,3-4,7H2. The molecule has 17 heavy (non-hydrogen) atoms. The smallest absolute Gasteiger partial charge is 0.110 e. The average Bonchev–Trinajstić information content (AvgIpc) is 2.87. The molecule has 0 spiro atoms. The van der Waals surface area contributed by atoms with Crippen LogP contribution in [-0.2, 0) is 0 Å². The highest BCUT2D eigenvalue weighted by atomic mass is 16.3. The molecule has 1 aliphatic carbocycles. The number of hydrogen-bond donors (Lipinski definition) is 2. The van der Waals surface area contributed by atoms with E-state index in [1.54, 1.807) is 0 Å². The Morgan fingerprint density at radius 1 is 1.24 bits per heavy atom. The van der Waals surface area contributed by atoms with Crippen LogP contribution < -0.4 is 10.2 Å². The molecule has 2 N–H and O–H groups in total. The molecule has 3 nitrogen and oxygen atoms in total. The average molecular weight is 228 g/mol. The largest absolute Gasteiger partial charge is 0.389 e. The van der Waals surface area contributed by atoms with Gasteiger partial charge in [-0.3, -0.25) is 0 Å². The van der Waals surface area contributed by atoms with E-state index in [-0.39, 0.29) is 6.10 Å². The molecule has 1 fully saturated rings. The van der Waals surface area contributed by atoms with Gasteiger partial charge in [-0.05, 0) is 37.0 Å². The van der Waals surface area contributed by atoms with E-state index >= 15 is 0 Å². The maximum atomic E-state index is 10.1. The zero-order chi connectivity index (χ0) is 11.4. The van der Waals surface area contributed by atoms with Crippen LogP contribution in [0.3, 0.4) is 0 Å². The van der Waals surface area contributed by atoms with Gasteiger partial charge in [-0.1, -0.05) is 12.1 Å². The van der Waals surface area contributed by atoms with Crippen LogP contribution in [0, 0.1) is 5.92 Å². The summed E-state index contributed by atoms with van der Waals surface area (Å²) >= 11 is 0. The van der Waals surface area contributed by atoms with E-state index in [9.17, 15) is 5.11 Å². The number of nitrogens with one attached hydrogen (secondary N) is 1. The van der Waals surface area contributed by atoms with Gasteiger partial charge in [0, 0.05) is 12.1 Å². The lowest BCUT2D eigenvalue weighted by atomic mass is 9.83. The number of nitrogens with zero attached hydrogens (tertiary/aromatic N) is 1. The Bertz CT molecular complexity index is 497. The van der Waals surface area contributed by atoms with Crippen molar-refractivity contribution in [1.82, 2.24) is 0 Å². The van der Waals surface area contributed by atoms with E-state index in [1.807, 2.05) is 0 Å². The lowest BCUT2D eigenvalue weighted by Gasteiger charge is -2.29. The summed E-state index contributed by atoms with van der Waals surface area (Å²) in [6.07, 6.45) is 5.50. The van der Waals surface area contributed by atoms with Crippen LogP contribution in [0.15, 0.2) is 36.0 Å². The van der Waals surface area contributed by atoms with Gasteiger partial charge in [0.05, 0.1) is 17.5 Å². The van der Waals surface area contributed by atoms with Gasteiger partial charge in [0.25, 0.3) is 0 Å². The Balaban J connectivity index is 1.78. The van der Waals surface area contributed by atoms with Crippen LogP contribution in [0.4, 0.5) is 11.4 Å². The number of fused-ring (bicyclic) bond motifs is 5. The Morgan fingerprint density at radius 3 is 3.06 bits per heavy atom. The highest BCUT2D eigenvalue weighted by Gasteiger charge is 2.43. The minimum Gasteiger partial charge on any atom is -0.389 e. The fraction of sp³-hybridized carbons (Fsp3) is 0.429. The topological polar surface area (TPSA) is 35.5 Å². The summed E-state index contributed by atoms with van der Waals surface area (Å²) in [5.74, 6) is 0.478. The van der Waals surface area contributed by atoms with E-state index in [4.69, 9.17) is 0 Å². The van der Waals surface area contributed by atoms with E-state index in [2.05, 4.69) is 40.7 Å². The molecule has 4 rings (SSSR count). The maximum Gasteiger partial charge on any atom is 0.110 e. The number of aliphatic hydroxyl groups excluding tert-OH is 1. The molecule has 88 valence electrons. The predicted molar refractivity (Wildman–Crippen MR) is 67.8 cm³/mol. The fourth-order valence-electron chi connectivity index (χ4n) is 3.44. The second-order valence-corrected chi connectivity index (χ2v) is 5.20. The van der Waals surface area contributed by atoms with Crippen molar-refractivity contribution in [2.24, 2.45) is 5.92 Å². The third-order valence-corrected chi connectivity index (χ3v) is 4.26. The number of anilines is 2. The predicted octanol–water partition coefficient (Wildman–Crippen LogP) is 2.30. The molecule has 1 aromatic carbocycles. The van der Waals surface area contributed by atoms with Crippen molar-refractivity contribution in [1.29, 1.82) is 0 Å². The number of benzene rings is 1. The minimum absolute atomic E-state index is 0.228. The monoisotopic (exact) mass is 228 g/mol. The van der Waals surface area contributed by atoms with Gasteiger partial charge in [-0.15, -0.1) is 0 Å². The molecule has 0 radical (unpaired) electrons. The van der Waals surface area contributed by atoms with Gasteiger partial charge in [-0.25, -0.2) is 0 Å². The number of hydrogen-bond acceptors (Lipinski definition) is 3. The van der Waals surface area contributed by atoms with Gasteiger partial charge in [0.2, 0.25) is 0 Å². The molecule has 3 unspecified atom stereocenters. The summed E-state index contributed by atoms with van der Waals surface area (Å²) in [5, 5.41) is 13.6. The molecule has 3 atom stereocenters. The molecule has 0 bridgehead atoms. The van der Waals surface area contributed by atoms with Crippen molar-refractivity contribution < 1.29 is 5.11 Å². The highest BCUT2D eigenvalue weighted by molar-refractivity contribution is 5.79. The number of para-hydroxylation sites is 2. The third-order valence-electron chi connectivity index (χ3n) is 4.26. The molecule has 2 heterocycles. The quantitative estimate of drug-likeness (QED) is 0.715. The van der Waals surface area contributed by atoms with Gasteiger partial charge in [-0.2, -0.15) is 0 Å². The Kier molecular flexibility index (Phi) is 1.83. The first-order valence-electron chi connectivity index (χ1n) is 6.38. The van der Waals surface area contributed by atoms with Gasteiger partial charge >= 0.3 is 0 Å². The minimum atomic E-state index is -0.228. The molecule has 0 aromatic heterocycles. The number of aliphatic hydroxyl groups is 1. The molecular weight excluding hydrogens is 212 g/mol. The lowest BCUT2D eigenvalue weighted by Crippen LogP contribution is -2.36. The van der Waals surface area contributed by atoms with Crippen LogP contribution in [0.5, 0.6) is 0 Å². The van der Waals surface area contributed by atoms with Crippen molar-refractivity contribution in [2.45, 2.75) is 31.5 Å². The van der Waals surface area contributed by atoms with Crippen LogP contribution >= 0.6 is 0 Å². The Labute approximate surface area is 101 Å². The van der Waals surface area contributed by atoms with Crippen LogP contribution in [0.2, 0.25) is 0 Å². The molecule has 1 aromatic rings. The molecule has 0 saturated heterocycles. The summed E-state index contributed by atoms with van der Waals surface area (Å²) in [6.45, 7) is 0. The van der Waals surface area contributed by atoms with E-state index < -0.39 is 0 Å². The van der Waals surface area contributed by atoms with Crippen LogP contribution in [-0.4, -0.2) is 17.4 Å². The second kappa shape index (κ2) is 3.26. The highest BCUT2D eigenvalue weighted by Crippen LogP contribution is 2.47. The summed E-state index contributed by atoms with van der Waals surface area (Å²) < 4.78 is 0. The van der Waals surface area contributed by atoms with Gasteiger partial charge in [0.1, 0.15) is 6.17 Å². The zero-order valence-electron chi connectivity index (χ0n) is 9.63. The molecule has 2 aliphatic heterocycles. The molecule has 3 aliphatic rings. The van der Waals surface area contributed by atoms with Gasteiger partial charge < -0.3 is 15.3 Å². The van der Waals surface area contributed by atoms with Crippen molar-refractivity contribution in [3.8, 4) is 0 Å². The number of rotatable bonds is 0. The first kappa shape index (κ1) is 9.54. The van der Waals surface area contributed by atoms with Crippen molar-refractivity contribution in [3.05, 3.63) is 36.0 Å².